The van der Waals surface area contributed by atoms with Crippen molar-refractivity contribution in [3.8, 4) is 5.75 Å². The van der Waals surface area contributed by atoms with Crippen LogP contribution in [0.25, 0.3) is 0 Å². The SMILES string of the molecule is CC[C@H](Oc1ccccc1F)C(=O)N1CCC(C(=O)OC)CC1. The van der Waals surface area contributed by atoms with E-state index in [4.69, 9.17) is 9.47 Å². The van der Waals surface area contributed by atoms with Gasteiger partial charge in [0.2, 0.25) is 0 Å². The molecular weight excluding hydrogens is 301 g/mol. The normalized spacial score (nSPS) is 16.7. The molecule has 1 aliphatic rings. The number of hydrogen-bond acceptors (Lipinski definition) is 4. The van der Waals surface area contributed by atoms with Crippen LogP contribution in [-0.2, 0) is 14.3 Å². The number of benzene rings is 1. The second kappa shape index (κ2) is 7.94. The van der Waals surface area contributed by atoms with Crippen molar-refractivity contribution in [1.29, 1.82) is 0 Å². The number of ether oxygens (including phenoxy) is 2. The quantitative estimate of drug-likeness (QED) is 0.781. The van der Waals surface area contributed by atoms with Crippen LogP contribution >= 0.6 is 0 Å². The molecule has 1 aromatic rings. The highest BCUT2D eigenvalue weighted by atomic mass is 19.1. The largest absolute Gasteiger partial charge is 0.478 e. The maximum absolute atomic E-state index is 13.7. The van der Waals surface area contributed by atoms with E-state index in [1.807, 2.05) is 6.92 Å². The maximum atomic E-state index is 13.7. The van der Waals surface area contributed by atoms with Gasteiger partial charge in [0.25, 0.3) is 5.91 Å². The summed E-state index contributed by atoms with van der Waals surface area (Å²) in [7, 11) is 1.37. The summed E-state index contributed by atoms with van der Waals surface area (Å²) in [6.07, 6.45) is 0.884. The van der Waals surface area contributed by atoms with Crippen molar-refractivity contribution < 1.29 is 23.5 Å². The van der Waals surface area contributed by atoms with Crippen LogP contribution in [0.3, 0.4) is 0 Å². The van der Waals surface area contributed by atoms with Gasteiger partial charge in [-0.3, -0.25) is 9.59 Å². The van der Waals surface area contributed by atoms with Gasteiger partial charge in [0.05, 0.1) is 13.0 Å². The van der Waals surface area contributed by atoms with E-state index in [2.05, 4.69) is 0 Å². The molecule has 0 spiro atoms. The van der Waals surface area contributed by atoms with E-state index in [1.165, 1.54) is 19.2 Å². The number of amides is 1. The molecule has 0 bridgehead atoms. The average Bonchev–Trinajstić information content (AvgIpc) is 2.60. The number of hydrogen-bond donors (Lipinski definition) is 0. The summed E-state index contributed by atoms with van der Waals surface area (Å²) >= 11 is 0. The zero-order valence-electron chi connectivity index (χ0n) is 13.5. The fourth-order valence-electron chi connectivity index (χ4n) is 2.71. The number of methoxy groups -OCH3 is 1. The molecule has 1 atom stereocenters. The van der Waals surface area contributed by atoms with Crippen LogP contribution in [0, 0.1) is 11.7 Å². The van der Waals surface area contributed by atoms with Crippen LogP contribution in [0.2, 0.25) is 0 Å². The van der Waals surface area contributed by atoms with Gasteiger partial charge in [-0.15, -0.1) is 0 Å². The number of carbonyl (C=O) groups is 2. The summed E-state index contributed by atoms with van der Waals surface area (Å²) in [5.41, 5.74) is 0. The molecule has 0 aliphatic carbocycles. The molecule has 0 unspecified atom stereocenters. The monoisotopic (exact) mass is 323 g/mol. The molecule has 1 heterocycles. The van der Waals surface area contributed by atoms with Crippen molar-refractivity contribution >= 4 is 11.9 Å². The third kappa shape index (κ3) is 4.21. The van der Waals surface area contributed by atoms with Crippen LogP contribution in [0.4, 0.5) is 4.39 Å². The first-order valence-electron chi connectivity index (χ1n) is 7.84. The summed E-state index contributed by atoms with van der Waals surface area (Å²) in [5.74, 6) is -0.956. The third-order valence-electron chi connectivity index (χ3n) is 4.09. The van der Waals surface area contributed by atoms with E-state index in [9.17, 15) is 14.0 Å². The number of piperidine rings is 1. The second-order valence-corrected chi connectivity index (χ2v) is 5.57. The van der Waals surface area contributed by atoms with Crippen molar-refractivity contribution in [3.05, 3.63) is 30.1 Å². The van der Waals surface area contributed by atoms with Gasteiger partial charge in [0.15, 0.2) is 17.7 Å². The van der Waals surface area contributed by atoms with E-state index in [1.54, 1.807) is 17.0 Å². The van der Waals surface area contributed by atoms with E-state index < -0.39 is 11.9 Å². The standard InChI is InChI=1S/C17H22FNO4/c1-3-14(23-15-7-5-4-6-13(15)18)16(20)19-10-8-12(9-11-19)17(21)22-2/h4-7,12,14H,3,8-11H2,1-2H3/t14-/m0/s1. The summed E-state index contributed by atoms with van der Waals surface area (Å²) < 4.78 is 24.0. The van der Waals surface area contributed by atoms with Gasteiger partial charge >= 0.3 is 5.97 Å². The lowest BCUT2D eigenvalue weighted by Crippen LogP contribution is -2.46. The molecular formula is C17H22FNO4. The predicted molar refractivity (Wildman–Crippen MR) is 82.4 cm³/mol. The van der Waals surface area contributed by atoms with Crippen LogP contribution < -0.4 is 4.74 Å². The van der Waals surface area contributed by atoms with Crippen molar-refractivity contribution in [2.45, 2.75) is 32.3 Å². The Morgan fingerprint density at radius 3 is 2.52 bits per heavy atom. The van der Waals surface area contributed by atoms with Crippen LogP contribution in [-0.4, -0.2) is 43.1 Å². The van der Waals surface area contributed by atoms with Gasteiger partial charge < -0.3 is 14.4 Å². The molecule has 1 fully saturated rings. The van der Waals surface area contributed by atoms with Gasteiger partial charge in [-0.2, -0.15) is 0 Å². The van der Waals surface area contributed by atoms with E-state index in [0.29, 0.717) is 32.4 Å². The molecule has 1 saturated heterocycles. The van der Waals surface area contributed by atoms with Gasteiger partial charge in [-0.25, -0.2) is 4.39 Å². The Morgan fingerprint density at radius 1 is 1.30 bits per heavy atom. The number of esters is 1. The number of carbonyl (C=O) groups excluding carboxylic acids is 2. The summed E-state index contributed by atoms with van der Waals surface area (Å²) in [4.78, 5) is 25.7. The molecule has 0 saturated carbocycles. The molecule has 0 radical (unpaired) electrons. The molecule has 0 aromatic heterocycles. The Hall–Kier alpha value is -2.11. The number of rotatable bonds is 5. The average molecular weight is 323 g/mol. The summed E-state index contributed by atoms with van der Waals surface area (Å²) in [6, 6.07) is 6.04. The van der Waals surface area contributed by atoms with E-state index in [0.717, 1.165) is 0 Å². The first-order valence-corrected chi connectivity index (χ1v) is 7.84. The Bertz CT molecular complexity index is 555. The van der Waals surface area contributed by atoms with Gasteiger partial charge in [0, 0.05) is 13.1 Å². The van der Waals surface area contributed by atoms with Crippen LogP contribution in [0.1, 0.15) is 26.2 Å². The Morgan fingerprint density at radius 2 is 1.96 bits per heavy atom. The number of likely N-dealkylation sites (tertiary alicyclic amines) is 1. The van der Waals surface area contributed by atoms with Crippen molar-refractivity contribution in [2.24, 2.45) is 5.92 Å². The number of para-hydroxylation sites is 1. The minimum atomic E-state index is -0.721. The topological polar surface area (TPSA) is 55.8 Å². The molecule has 126 valence electrons. The number of halogens is 1. The first-order chi connectivity index (χ1) is 11.1. The van der Waals surface area contributed by atoms with Gasteiger partial charge in [0.1, 0.15) is 0 Å². The predicted octanol–water partition coefficient (Wildman–Crippen LogP) is 2.39. The fourth-order valence-corrected chi connectivity index (χ4v) is 2.71. The maximum Gasteiger partial charge on any atom is 0.308 e. The third-order valence-corrected chi connectivity index (χ3v) is 4.09. The molecule has 5 nitrogen and oxygen atoms in total. The van der Waals surface area contributed by atoms with Crippen LogP contribution in [0.15, 0.2) is 24.3 Å². The molecule has 1 aromatic carbocycles. The minimum Gasteiger partial charge on any atom is -0.478 e. The Balaban J connectivity index is 1.96. The molecule has 2 rings (SSSR count). The molecule has 1 amide bonds. The Labute approximate surface area is 135 Å². The lowest BCUT2D eigenvalue weighted by molar-refractivity contribution is -0.150. The first kappa shape index (κ1) is 17.2. The van der Waals surface area contributed by atoms with Crippen molar-refractivity contribution in [2.75, 3.05) is 20.2 Å². The van der Waals surface area contributed by atoms with Gasteiger partial charge in [-0.05, 0) is 31.4 Å². The van der Waals surface area contributed by atoms with Crippen molar-refractivity contribution in [3.63, 3.8) is 0 Å². The van der Waals surface area contributed by atoms with Gasteiger partial charge in [-0.1, -0.05) is 19.1 Å². The Kier molecular flexibility index (Phi) is 5.96. The molecule has 0 N–H and O–H groups in total. The summed E-state index contributed by atoms with van der Waals surface area (Å²) in [5, 5.41) is 0. The number of nitrogens with zero attached hydrogens (tertiary/aromatic N) is 1. The fraction of sp³-hybridized carbons (Fsp3) is 0.529. The van der Waals surface area contributed by atoms with E-state index >= 15 is 0 Å². The highest BCUT2D eigenvalue weighted by molar-refractivity contribution is 5.81. The lowest BCUT2D eigenvalue weighted by atomic mass is 9.96. The molecule has 6 heteroatoms. The van der Waals surface area contributed by atoms with E-state index in [-0.39, 0.29) is 23.5 Å². The summed E-state index contributed by atoms with van der Waals surface area (Å²) in [6.45, 7) is 2.79. The second-order valence-electron chi connectivity index (χ2n) is 5.57. The lowest BCUT2D eigenvalue weighted by Gasteiger charge is -2.33. The minimum absolute atomic E-state index is 0.0807. The zero-order chi connectivity index (χ0) is 16.8. The zero-order valence-corrected chi connectivity index (χ0v) is 13.5. The molecule has 1 aliphatic heterocycles. The van der Waals surface area contributed by atoms with Crippen molar-refractivity contribution in [1.82, 2.24) is 4.90 Å². The highest BCUT2D eigenvalue weighted by Crippen LogP contribution is 2.22. The highest BCUT2D eigenvalue weighted by Gasteiger charge is 2.31. The smallest absolute Gasteiger partial charge is 0.308 e. The van der Waals surface area contributed by atoms with Crippen LogP contribution in [0.5, 0.6) is 5.75 Å². The molecule has 23 heavy (non-hydrogen) atoms.